The van der Waals surface area contributed by atoms with Gasteiger partial charge in [0, 0.05) is 29.4 Å². The molecule has 2 aromatic rings. The van der Waals surface area contributed by atoms with Crippen LogP contribution in [0, 0.1) is 5.82 Å². The minimum absolute atomic E-state index is 0.167. The molecule has 1 N–H and O–H groups in total. The molecule has 0 bridgehead atoms. The third kappa shape index (κ3) is 3.79. The number of nitrogens with one attached hydrogen (secondary N) is 1. The predicted molar refractivity (Wildman–Crippen MR) is 73.9 cm³/mol. The van der Waals surface area contributed by atoms with Gasteiger partial charge in [0.25, 0.3) is 5.91 Å². The van der Waals surface area contributed by atoms with Crippen molar-refractivity contribution in [2.24, 2.45) is 0 Å². The lowest BCUT2D eigenvalue weighted by Gasteiger charge is -2.06. The van der Waals surface area contributed by atoms with Crippen LogP contribution in [0.3, 0.4) is 0 Å². The van der Waals surface area contributed by atoms with Crippen LogP contribution in [-0.4, -0.2) is 17.4 Å². The number of carbonyl (C=O) groups is 1. The number of pyridine rings is 1. The normalized spacial score (nSPS) is 10.2. The number of aromatic nitrogens is 1. The fraction of sp³-hybridized carbons (Fsp3) is 0.143. The van der Waals surface area contributed by atoms with Crippen molar-refractivity contribution in [1.82, 2.24) is 10.3 Å². The van der Waals surface area contributed by atoms with Crippen LogP contribution in [0.5, 0.6) is 0 Å². The maximum atomic E-state index is 13.0. The van der Waals surface area contributed by atoms with E-state index in [9.17, 15) is 9.18 Å². The van der Waals surface area contributed by atoms with Crippen LogP contribution in [0.25, 0.3) is 0 Å². The molecule has 98 valence electrons. The van der Waals surface area contributed by atoms with Gasteiger partial charge in [0.15, 0.2) is 0 Å². The van der Waals surface area contributed by atoms with Gasteiger partial charge in [-0.1, -0.05) is 6.07 Å². The molecule has 0 aliphatic heterocycles. The van der Waals surface area contributed by atoms with Gasteiger partial charge in [-0.3, -0.25) is 9.78 Å². The molecule has 0 aliphatic rings. The average Bonchev–Trinajstić information content (AvgIpc) is 2.43. The minimum atomic E-state index is -0.435. The topological polar surface area (TPSA) is 42.0 Å². The maximum Gasteiger partial charge on any atom is 0.251 e. The Labute approximate surface area is 116 Å². The molecule has 0 radical (unpaired) electrons. The Hall–Kier alpha value is -1.88. The van der Waals surface area contributed by atoms with E-state index in [1.54, 1.807) is 12.4 Å². The zero-order valence-corrected chi connectivity index (χ0v) is 11.0. The average molecular weight is 276 g/mol. The quantitative estimate of drug-likeness (QED) is 0.842. The molecule has 5 heteroatoms. The lowest BCUT2D eigenvalue weighted by atomic mass is 10.2. The summed E-state index contributed by atoms with van der Waals surface area (Å²) >= 11 is 3.95. The summed E-state index contributed by atoms with van der Waals surface area (Å²) in [5, 5.41) is 2.77. The maximum absolute atomic E-state index is 13.0. The van der Waals surface area contributed by atoms with Gasteiger partial charge in [-0.15, -0.1) is 12.6 Å². The highest BCUT2D eigenvalue weighted by atomic mass is 32.1. The molecule has 1 aromatic carbocycles. The summed E-state index contributed by atoms with van der Waals surface area (Å²) in [6.07, 6.45) is 4.17. The molecule has 19 heavy (non-hydrogen) atoms. The Kier molecular flexibility index (Phi) is 4.52. The number of nitrogens with zero attached hydrogens (tertiary/aromatic N) is 1. The molecule has 0 spiro atoms. The molecule has 1 aromatic heterocycles. The first-order valence-electron chi connectivity index (χ1n) is 5.82. The van der Waals surface area contributed by atoms with Crippen molar-refractivity contribution in [2.75, 3.05) is 6.54 Å². The second-order valence-corrected chi connectivity index (χ2v) is 4.52. The lowest BCUT2D eigenvalue weighted by Crippen LogP contribution is -2.25. The number of halogens is 1. The first-order valence-corrected chi connectivity index (χ1v) is 6.27. The SMILES string of the molecule is O=C(NCCc1cccnc1)c1ccc(F)c(S)c1. The van der Waals surface area contributed by atoms with Crippen molar-refractivity contribution in [3.63, 3.8) is 0 Å². The smallest absolute Gasteiger partial charge is 0.251 e. The fourth-order valence-corrected chi connectivity index (χ4v) is 1.84. The van der Waals surface area contributed by atoms with Gasteiger partial charge in [0.05, 0.1) is 0 Å². The Morgan fingerprint density at radius 2 is 2.21 bits per heavy atom. The summed E-state index contributed by atoms with van der Waals surface area (Å²) in [6.45, 7) is 0.504. The zero-order chi connectivity index (χ0) is 13.7. The number of amides is 1. The van der Waals surface area contributed by atoms with Gasteiger partial charge in [-0.05, 0) is 36.2 Å². The van der Waals surface area contributed by atoms with Crippen LogP contribution in [-0.2, 0) is 6.42 Å². The highest BCUT2D eigenvalue weighted by Gasteiger charge is 2.07. The van der Waals surface area contributed by atoms with Gasteiger partial charge < -0.3 is 5.32 Å². The molecular formula is C14H13FN2OS. The van der Waals surface area contributed by atoms with Crippen molar-refractivity contribution in [3.8, 4) is 0 Å². The molecule has 1 amide bonds. The van der Waals surface area contributed by atoms with Crippen molar-refractivity contribution in [3.05, 3.63) is 59.7 Å². The summed E-state index contributed by atoms with van der Waals surface area (Å²) in [5.74, 6) is -0.672. The molecule has 0 atom stereocenters. The first kappa shape index (κ1) is 13.5. The molecule has 0 aliphatic carbocycles. The third-order valence-corrected chi connectivity index (χ3v) is 2.97. The summed E-state index contributed by atoms with van der Waals surface area (Å²) in [7, 11) is 0. The Morgan fingerprint density at radius 3 is 2.89 bits per heavy atom. The molecule has 0 saturated heterocycles. The Bertz CT molecular complexity index is 575. The molecule has 3 nitrogen and oxygen atoms in total. The minimum Gasteiger partial charge on any atom is -0.352 e. The van der Waals surface area contributed by atoms with Gasteiger partial charge in [0.2, 0.25) is 0 Å². The van der Waals surface area contributed by atoms with E-state index in [4.69, 9.17) is 0 Å². The largest absolute Gasteiger partial charge is 0.352 e. The van der Waals surface area contributed by atoms with Gasteiger partial charge in [0.1, 0.15) is 5.82 Å². The fourth-order valence-electron chi connectivity index (χ4n) is 1.62. The number of hydrogen-bond donors (Lipinski definition) is 2. The van der Waals surface area contributed by atoms with E-state index in [2.05, 4.69) is 22.9 Å². The van der Waals surface area contributed by atoms with Gasteiger partial charge in [-0.2, -0.15) is 0 Å². The van der Waals surface area contributed by atoms with Crippen LogP contribution in [0.15, 0.2) is 47.6 Å². The molecule has 1 heterocycles. The van der Waals surface area contributed by atoms with Crippen molar-refractivity contribution < 1.29 is 9.18 Å². The monoisotopic (exact) mass is 276 g/mol. The summed E-state index contributed by atoms with van der Waals surface area (Å²) in [4.78, 5) is 16.0. The third-order valence-electron chi connectivity index (χ3n) is 2.63. The highest BCUT2D eigenvalue weighted by molar-refractivity contribution is 7.80. The second kappa shape index (κ2) is 6.33. The van der Waals surface area contributed by atoms with E-state index in [1.807, 2.05) is 12.1 Å². The van der Waals surface area contributed by atoms with Gasteiger partial charge in [-0.25, -0.2) is 4.39 Å². The van der Waals surface area contributed by atoms with Gasteiger partial charge >= 0.3 is 0 Å². The van der Waals surface area contributed by atoms with E-state index in [-0.39, 0.29) is 10.8 Å². The molecule has 2 rings (SSSR count). The van der Waals surface area contributed by atoms with Crippen molar-refractivity contribution in [1.29, 1.82) is 0 Å². The molecule has 0 saturated carbocycles. The zero-order valence-electron chi connectivity index (χ0n) is 10.1. The molecule has 0 unspecified atom stereocenters. The standard InChI is InChI=1S/C14H13FN2OS/c15-12-4-3-11(8-13(12)19)14(18)17-7-5-10-2-1-6-16-9-10/h1-4,6,8-9,19H,5,7H2,(H,17,18). The molecule has 0 fully saturated rings. The molecular weight excluding hydrogens is 263 g/mol. The van der Waals surface area contributed by atoms with E-state index in [0.717, 1.165) is 5.56 Å². The summed E-state index contributed by atoms with van der Waals surface area (Å²) < 4.78 is 13.0. The highest BCUT2D eigenvalue weighted by Crippen LogP contribution is 2.14. The number of hydrogen-bond acceptors (Lipinski definition) is 3. The van der Waals surface area contributed by atoms with E-state index >= 15 is 0 Å². The van der Waals surface area contributed by atoms with E-state index in [0.29, 0.717) is 18.5 Å². The number of carbonyl (C=O) groups excluding carboxylic acids is 1. The van der Waals surface area contributed by atoms with Crippen LogP contribution in [0.4, 0.5) is 4.39 Å². The number of benzene rings is 1. The summed E-state index contributed by atoms with van der Waals surface area (Å²) in [5.41, 5.74) is 1.45. The van der Waals surface area contributed by atoms with Crippen molar-refractivity contribution in [2.45, 2.75) is 11.3 Å². The van der Waals surface area contributed by atoms with Crippen LogP contribution in [0.2, 0.25) is 0 Å². The van der Waals surface area contributed by atoms with Crippen LogP contribution in [0.1, 0.15) is 15.9 Å². The van der Waals surface area contributed by atoms with E-state index < -0.39 is 5.82 Å². The van der Waals surface area contributed by atoms with Crippen LogP contribution >= 0.6 is 12.6 Å². The Balaban J connectivity index is 1.89. The summed E-state index contributed by atoms with van der Waals surface area (Å²) in [6, 6.07) is 7.89. The number of rotatable bonds is 4. The van der Waals surface area contributed by atoms with E-state index in [1.165, 1.54) is 18.2 Å². The number of thiol groups is 1. The second-order valence-electron chi connectivity index (χ2n) is 4.03. The van der Waals surface area contributed by atoms with Crippen LogP contribution < -0.4 is 5.32 Å². The first-order chi connectivity index (χ1) is 9.16. The predicted octanol–water partition coefficient (Wildman–Crippen LogP) is 2.48. The lowest BCUT2D eigenvalue weighted by molar-refractivity contribution is 0.0954. The van der Waals surface area contributed by atoms with Crippen molar-refractivity contribution >= 4 is 18.5 Å². The Morgan fingerprint density at radius 1 is 1.37 bits per heavy atom.